The number of halogens is 3. The summed E-state index contributed by atoms with van der Waals surface area (Å²) in [6.45, 7) is 5.34. The molecule has 0 aliphatic heterocycles. The first-order valence-corrected chi connectivity index (χ1v) is 8.03. The molecule has 3 rings (SSSR count). The van der Waals surface area contributed by atoms with Gasteiger partial charge in [-0.1, -0.05) is 39.0 Å². The lowest BCUT2D eigenvalue weighted by molar-refractivity contribution is -0.137. The first kappa shape index (κ1) is 18.0. The number of amides is 1. The topological polar surface area (TPSA) is 46.4 Å². The van der Waals surface area contributed by atoms with Gasteiger partial charge in [-0.2, -0.15) is 13.2 Å². The van der Waals surface area contributed by atoms with Crippen LogP contribution in [-0.2, 0) is 11.0 Å². The third-order valence-corrected chi connectivity index (χ3v) is 3.93. The lowest BCUT2D eigenvalue weighted by Crippen LogP contribution is -2.28. The van der Waals surface area contributed by atoms with Gasteiger partial charge >= 0.3 is 6.18 Å². The van der Waals surface area contributed by atoms with Crippen LogP contribution in [0.2, 0.25) is 0 Å². The van der Waals surface area contributed by atoms with Crippen molar-refractivity contribution in [1.29, 1.82) is 0 Å². The maximum atomic E-state index is 12.8. The van der Waals surface area contributed by atoms with Crippen molar-refractivity contribution >= 4 is 17.4 Å². The molecule has 136 valence electrons. The van der Waals surface area contributed by atoms with Crippen LogP contribution in [0.1, 0.15) is 26.3 Å². The number of benzene rings is 1. The Hall–Kier alpha value is -2.83. The van der Waals surface area contributed by atoms with Gasteiger partial charge in [-0.3, -0.25) is 9.20 Å². The molecule has 0 fully saturated rings. The van der Waals surface area contributed by atoms with Gasteiger partial charge in [0.2, 0.25) is 5.91 Å². The van der Waals surface area contributed by atoms with E-state index in [1.807, 2.05) is 0 Å². The van der Waals surface area contributed by atoms with Gasteiger partial charge in [-0.25, -0.2) is 4.98 Å². The van der Waals surface area contributed by atoms with Crippen molar-refractivity contribution in [2.75, 3.05) is 5.32 Å². The Morgan fingerprint density at radius 3 is 2.27 bits per heavy atom. The molecule has 0 saturated heterocycles. The zero-order valence-corrected chi connectivity index (χ0v) is 14.6. The van der Waals surface area contributed by atoms with Crippen LogP contribution in [-0.4, -0.2) is 15.3 Å². The van der Waals surface area contributed by atoms with Gasteiger partial charge in [0, 0.05) is 17.2 Å². The molecule has 2 heterocycles. The van der Waals surface area contributed by atoms with E-state index < -0.39 is 17.2 Å². The van der Waals surface area contributed by atoms with Gasteiger partial charge in [-0.15, -0.1) is 0 Å². The Balaban J connectivity index is 2.11. The zero-order valence-electron chi connectivity index (χ0n) is 14.6. The van der Waals surface area contributed by atoms with E-state index in [9.17, 15) is 18.0 Å². The molecule has 0 atom stereocenters. The van der Waals surface area contributed by atoms with Gasteiger partial charge in [0.15, 0.2) is 0 Å². The van der Waals surface area contributed by atoms with Gasteiger partial charge in [-0.05, 0) is 24.3 Å². The number of hydrogen-bond acceptors (Lipinski definition) is 2. The number of carbonyl (C=O) groups excluding carboxylic acids is 1. The number of fused-ring (bicyclic) bond motifs is 1. The predicted molar refractivity (Wildman–Crippen MR) is 93.7 cm³/mol. The molecule has 0 bridgehead atoms. The molecule has 1 amide bonds. The zero-order chi connectivity index (χ0) is 19.1. The number of pyridine rings is 1. The van der Waals surface area contributed by atoms with Gasteiger partial charge in [0.05, 0.1) is 5.56 Å². The van der Waals surface area contributed by atoms with Crippen molar-refractivity contribution in [3.63, 3.8) is 0 Å². The summed E-state index contributed by atoms with van der Waals surface area (Å²) < 4.78 is 40.1. The van der Waals surface area contributed by atoms with E-state index in [2.05, 4.69) is 10.3 Å². The number of nitrogens with zero attached hydrogens (tertiary/aromatic N) is 2. The normalized spacial score (nSPS) is 12.4. The molecule has 0 aliphatic carbocycles. The minimum atomic E-state index is -4.40. The molecule has 7 heteroatoms. The Bertz CT molecular complexity index is 951. The second-order valence-corrected chi connectivity index (χ2v) is 7.02. The van der Waals surface area contributed by atoms with Crippen molar-refractivity contribution in [3.8, 4) is 11.3 Å². The largest absolute Gasteiger partial charge is 0.416 e. The van der Waals surface area contributed by atoms with Gasteiger partial charge in [0.25, 0.3) is 0 Å². The summed E-state index contributed by atoms with van der Waals surface area (Å²) >= 11 is 0. The number of rotatable bonds is 2. The van der Waals surface area contributed by atoms with E-state index in [0.29, 0.717) is 22.7 Å². The van der Waals surface area contributed by atoms with E-state index >= 15 is 0 Å². The summed E-state index contributed by atoms with van der Waals surface area (Å²) in [5, 5.41) is 2.86. The second-order valence-electron chi connectivity index (χ2n) is 7.02. The average Bonchev–Trinajstić information content (AvgIpc) is 2.92. The smallest absolute Gasteiger partial charge is 0.309 e. The molecule has 0 radical (unpaired) electrons. The Morgan fingerprint density at radius 1 is 1.04 bits per heavy atom. The van der Waals surface area contributed by atoms with Crippen LogP contribution in [0.5, 0.6) is 0 Å². The fourth-order valence-electron chi connectivity index (χ4n) is 2.43. The van der Waals surface area contributed by atoms with Crippen LogP contribution in [0.15, 0.2) is 48.7 Å². The van der Waals surface area contributed by atoms with Gasteiger partial charge < -0.3 is 5.32 Å². The third kappa shape index (κ3) is 3.42. The number of nitrogens with one attached hydrogen (secondary N) is 1. The number of alkyl halides is 3. The maximum absolute atomic E-state index is 12.8. The summed E-state index contributed by atoms with van der Waals surface area (Å²) in [7, 11) is 0. The van der Waals surface area contributed by atoms with Crippen LogP contribution in [0.25, 0.3) is 16.9 Å². The molecule has 0 unspecified atom stereocenters. The van der Waals surface area contributed by atoms with Crippen LogP contribution in [0.4, 0.5) is 19.0 Å². The van der Waals surface area contributed by atoms with E-state index in [1.165, 1.54) is 12.1 Å². The summed E-state index contributed by atoms with van der Waals surface area (Å²) in [5.41, 5.74) is 0.140. The first-order valence-electron chi connectivity index (χ1n) is 8.03. The second kappa shape index (κ2) is 6.16. The molecule has 0 spiro atoms. The van der Waals surface area contributed by atoms with Crippen molar-refractivity contribution < 1.29 is 18.0 Å². The number of carbonyl (C=O) groups is 1. The van der Waals surface area contributed by atoms with E-state index in [-0.39, 0.29) is 5.91 Å². The fourth-order valence-corrected chi connectivity index (χ4v) is 2.43. The quantitative estimate of drug-likeness (QED) is 0.698. The molecule has 3 aromatic rings. The average molecular weight is 361 g/mol. The SMILES string of the molecule is CC(C)(C)C(=O)Nc1c(-c2ccc(C(F)(F)F)cc2)nc2ccccn12. The molecule has 1 N–H and O–H groups in total. The van der Waals surface area contributed by atoms with Crippen molar-refractivity contribution in [1.82, 2.24) is 9.38 Å². The highest BCUT2D eigenvalue weighted by molar-refractivity contribution is 5.97. The number of anilines is 1. The van der Waals surface area contributed by atoms with Crippen LogP contribution in [0, 0.1) is 5.41 Å². The molecule has 1 aromatic carbocycles. The van der Waals surface area contributed by atoms with Crippen LogP contribution in [0.3, 0.4) is 0 Å². The monoisotopic (exact) mass is 361 g/mol. The van der Waals surface area contributed by atoms with E-state index in [0.717, 1.165) is 12.1 Å². The Labute approximate surface area is 148 Å². The molecule has 26 heavy (non-hydrogen) atoms. The lowest BCUT2D eigenvalue weighted by Gasteiger charge is -2.18. The molecular weight excluding hydrogens is 343 g/mol. The van der Waals surface area contributed by atoms with E-state index in [4.69, 9.17) is 0 Å². The Kier molecular flexibility index (Phi) is 4.26. The minimum Gasteiger partial charge on any atom is -0.309 e. The highest BCUT2D eigenvalue weighted by Crippen LogP contribution is 2.34. The summed E-state index contributed by atoms with van der Waals surface area (Å²) in [5.74, 6) is 0.219. The summed E-state index contributed by atoms with van der Waals surface area (Å²) in [6, 6.07) is 10.1. The Morgan fingerprint density at radius 2 is 1.69 bits per heavy atom. The van der Waals surface area contributed by atoms with Crippen molar-refractivity contribution in [3.05, 3.63) is 54.2 Å². The van der Waals surface area contributed by atoms with Crippen molar-refractivity contribution in [2.24, 2.45) is 5.41 Å². The molecule has 0 aliphatic rings. The number of aromatic nitrogens is 2. The summed E-state index contributed by atoms with van der Waals surface area (Å²) in [4.78, 5) is 16.9. The van der Waals surface area contributed by atoms with Crippen LogP contribution >= 0.6 is 0 Å². The minimum absolute atomic E-state index is 0.212. The molecule has 0 saturated carbocycles. The molecular formula is C19H18F3N3O. The number of hydrogen-bond donors (Lipinski definition) is 1. The highest BCUT2D eigenvalue weighted by atomic mass is 19.4. The third-order valence-electron chi connectivity index (χ3n) is 3.93. The highest BCUT2D eigenvalue weighted by Gasteiger charge is 2.30. The van der Waals surface area contributed by atoms with E-state index in [1.54, 1.807) is 49.6 Å². The number of imidazole rings is 1. The van der Waals surface area contributed by atoms with Crippen molar-refractivity contribution in [2.45, 2.75) is 26.9 Å². The van der Waals surface area contributed by atoms with Crippen LogP contribution < -0.4 is 5.32 Å². The van der Waals surface area contributed by atoms with Gasteiger partial charge in [0.1, 0.15) is 17.2 Å². The fraction of sp³-hybridized carbons (Fsp3) is 0.263. The molecule has 2 aromatic heterocycles. The standard InChI is InChI=1S/C19H18F3N3O/c1-18(2,3)17(26)24-16-15(23-14-6-4-5-11-25(14)16)12-7-9-13(10-8-12)19(20,21)22/h4-11H,1-3H3,(H,24,26). The predicted octanol–water partition coefficient (Wildman–Crippen LogP) is 5.00. The molecule has 4 nitrogen and oxygen atoms in total. The lowest BCUT2D eigenvalue weighted by atomic mass is 9.95. The maximum Gasteiger partial charge on any atom is 0.416 e. The summed E-state index contributed by atoms with van der Waals surface area (Å²) in [6.07, 6.45) is -2.66. The first-order chi connectivity index (χ1) is 12.1.